The zero-order chi connectivity index (χ0) is 24.7. The number of aromatic amines is 1. The molecule has 5 aromatic rings. The lowest BCUT2D eigenvalue weighted by Crippen LogP contribution is -2.01. The molecule has 0 unspecified atom stereocenters. The number of hydrogen-bond acceptors (Lipinski definition) is 6. The third kappa shape index (κ3) is 3.76. The highest BCUT2D eigenvalue weighted by molar-refractivity contribution is 6.04. The molecule has 0 fully saturated rings. The molecule has 0 saturated carbocycles. The maximum Gasteiger partial charge on any atom is 0.339 e. The monoisotopic (exact) mass is 473 g/mol. The van der Waals surface area contributed by atoms with Crippen molar-refractivity contribution >= 4 is 22.6 Å². The molecule has 0 bridgehead atoms. The van der Waals surface area contributed by atoms with E-state index in [4.69, 9.17) is 9.15 Å². The van der Waals surface area contributed by atoms with E-state index in [1.165, 1.54) is 49.6 Å². The minimum Gasteiger partial charge on any atom is -0.496 e. The fourth-order valence-corrected chi connectivity index (χ4v) is 4.00. The lowest BCUT2D eigenvalue weighted by molar-refractivity contribution is -0.384. The number of hydrogen-bond donors (Lipinski definition) is 2. The van der Waals surface area contributed by atoms with Gasteiger partial charge in [-0.25, -0.2) is 14.2 Å². The summed E-state index contributed by atoms with van der Waals surface area (Å²) in [6.45, 7) is 0. The molecule has 35 heavy (non-hydrogen) atoms. The van der Waals surface area contributed by atoms with Crippen LogP contribution in [0.5, 0.6) is 5.75 Å². The Kier molecular flexibility index (Phi) is 5.25. The van der Waals surface area contributed by atoms with Crippen molar-refractivity contribution in [2.24, 2.45) is 0 Å². The Morgan fingerprint density at radius 3 is 2.51 bits per heavy atom. The molecular weight excluding hydrogens is 457 g/mol. The second kappa shape index (κ2) is 8.41. The van der Waals surface area contributed by atoms with Crippen molar-refractivity contribution in [3.05, 3.63) is 88.5 Å². The van der Waals surface area contributed by atoms with Gasteiger partial charge in [-0.05, 0) is 48.0 Å². The maximum atomic E-state index is 13.5. The standard InChI is InChI=1S/C25H16FN3O6/c1-34-20-7-4-14(10-18(20)25(30)31)16-11-17-21(12-19(16)29(32)33)35-23(13-2-5-15(26)6-3-13)22(17)24-27-8-9-28-24/h2-12H,1H3,(H,27,28)(H,30,31). The number of ether oxygens (including phenoxy) is 1. The van der Waals surface area contributed by atoms with Crippen molar-refractivity contribution in [3.63, 3.8) is 0 Å². The molecule has 2 heterocycles. The first-order valence-corrected chi connectivity index (χ1v) is 10.3. The molecule has 3 aromatic carbocycles. The lowest BCUT2D eigenvalue weighted by Gasteiger charge is -2.09. The molecule has 174 valence electrons. The number of fused-ring (bicyclic) bond motifs is 1. The molecule has 0 atom stereocenters. The number of nitro groups is 1. The molecular formula is C25H16FN3O6. The Balaban J connectivity index is 1.82. The average Bonchev–Trinajstić information content (AvgIpc) is 3.50. The van der Waals surface area contributed by atoms with Crippen molar-refractivity contribution in [1.29, 1.82) is 0 Å². The molecule has 0 spiro atoms. The van der Waals surface area contributed by atoms with Crippen LogP contribution in [0.1, 0.15) is 10.4 Å². The fraction of sp³-hybridized carbons (Fsp3) is 0.0400. The minimum absolute atomic E-state index is 0.128. The van der Waals surface area contributed by atoms with E-state index >= 15 is 0 Å². The number of carbonyl (C=O) groups is 1. The van der Waals surface area contributed by atoms with Gasteiger partial charge in [0.1, 0.15) is 34.3 Å². The molecule has 9 nitrogen and oxygen atoms in total. The molecule has 0 aliphatic rings. The summed E-state index contributed by atoms with van der Waals surface area (Å²) in [6.07, 6.45) is 3.18. The molecule has 2 aromatic heterocycles. The minimum atomic E-state index is -1.23. The SMILES string of the molecule is COc1ccc(-c2cc3c(-c4ncc[nH]4)c(-c4ccc(F)cc4)oc3cc2[N+](=O)[O-])cc1C(=O)O. The number of halogens is 1. The summed E-state index contributed by atoms with van der Waals surface area (Å²) in [5.41, 5.74) is 1.39. The summed E-state index contributed by atoms with van der Waals surface area (Å²) in [4.78, 5) is 30.5. The molecule has 0 saturated heterocycles. The summed E-state index contributed by atoms with van der Waals surface area (Å²) >= 11 is 0. The van der Waals surface area contributed by atoms with Crippen LogP contribution >= 0.6 is 0 Å². The molecule has 10 heteroatoms. The zero-order valence-electron chi connectivity index (χ0n) is 18.1. The number of furan rings is 1. The highest BCUT2D eigenvalue weighted by atomic mass is 19.1. The summed E-state index contributed by atoms with van der Waals surface area (Å²) in [5, 5.41) is 22.0. The van der Waals surface area contributed by atoms with Crippen molar-refractivity contribution in [1.82, 2.24) is 9.97 Å². The number of benzene rings is 3. The summed E-state index contributed by atoms with van der Waals surface area (Å²) < 4.78 is 24.7. The van der Waals surface area contributed by atoms with E-state index in [9.17, 15) is 24.4 Å². The lowest BCUT2D eigenvalue weighted by atomic mass is 9.97. The number of aromatic carboxylic acids is 1. The van der Waals surface area contributed by atoms with Crippen LogP contribution in [0.3, 0.4) is 0 Å². The van der Waals surface area contributed by atoms with Crippen LogP contribution in [0.15, 0.2) is 71.4 Å². The predicted molar refractivity (Wildman–Crippen MR) is 125 cm³/mol. The number of nitrogens with one attached hydrogen (secondary N) is 1. The molecule has 0 aliphatic carbocycles. The van der Waals surface area contributed by atoms with E-state index < -0.39 is 16.7 Å². The number of nitrogens with zero attached hydrogens (tertiary/aromatic N) is 2. The number of methoxy groups -OCH3 is 1. The number of imidazole rings is 1. The Bertz CT molecular complexity index is 1590. The van der Waals surface area contributed by atoms with E-state index in [0.29, 0.717) is 33.7 Å². The number of nitro benzene ring substituents is 1. The Morgan fingerprint density at radius 2 is 1.89 bits per heavy atom. The van der Waals surface area contributed by atoms with Crippen LogP contribution in [-0.4, -0.2) is 33.1 Å². The molecule has 0 radical (unpaired) electrons. The van der Waals surface area contributed by atoms with Gasteiger partial charge >= 0.3 is 5.97 Å². The van der Waals surface area contributed by atoms with Crippen molar-refractivity contribution < 1.29 is 28.4 Å². The van der Waals surface area contributed by atoms with Crippen molar-refractivity contribution in [2.45, 2.75) is 0 Å². The van der Waals surface area contributed by atoms with Crippen molar-refractivity contribution in [2.75, 3.05) is 7.11 Å². The van der Waals surface area contributed by atoms with Gasteiger partial charge in [0.05, 0.1) is 29.2 Å². The number of carboxylic acids is 1. The quantitative estimate of drug-likeness (QED) is 0.231. The van der Waals surface area contributed by atoms with Gasteiger partial charge in [0, 0.05) is 23.3 Å². The number of carboxylic acid groups (broad SMARTS) is 1. The summed E-state index contributed by atoms with van der Waals surface area (Å²) in [5.74, 6) is -0.726. The first kappa shape index (κ1) is 21.8. The second-order valence-electron chi connectivity index (χ2n) is 7.59. The third-order valence-electron chi connectivity index (χ3n) is 5.59. The Labute approximate surface area is 196 Å². The fourth-order valence-electron chi connectivity index (χ4n) is 4.00. The molecule has 0 aliphatic heterocycles. The van der Waals surface area contributed by atoms with Gasteiger partial charge in [0.2, 0.25) is 0 Å². The number of aromatic nitrogens is 2. The van der Waals surface area contributed by atoms with E-state index in [1.54, 1.807) is 24.5 Å². The normalized spacial score (nSPS) is 11.0. The Morgan fingerprint density at radius 1 is 1.14 bits per heavy atom. The van der Waals surface area contributed by atoms with Gasteiger partial charge in [-0.15, -0.1) is 0 Å². The first-order chi connectivity index (χ1) is 16.9. The number of H-pyrrole nitrogens is 1. The van der Waals surface area contributed by atoms with E-state index in [2.05, 4.69) is 9.97 Å². The third-order valence-corrected chi connectivity index (χ3v) is 5.59. The van der Waals surface area contributed by atoms with Gasteiger partial charge in [-0.3, -0.25) is 10.1 Å². The highest BCUT2D eigenvalue weighted by Gasteiger charge is 2.26. The van der Waals surface area contributed by atoms with Crippen LogP contribution in [0.25, 0.3) is 44.8 Å². The van der Waals surface area contributed by atoms with Gasteiger partial charge < -0.3 is 19.2 Å². The van der Waals surface area contributed by atoms with Gasteiger partial charge in [0.25, 0.3) is 5.69 Å². The second-order valence-corrected chi connectivity index (χ2v) is 7.59. The first-order valence-electron chi connectivity index (χ1n) is 10.3. The Hall–Kier alpha value is -4.99. The van der Waals surface area contributed by atoms with E-state index in [-0.39, 0.29) is 28.1 Å². The van der Waals surface area contributed by atoms with Crippen LogP contribution in [0, 0.1) is 15.9 Å². The predicted octanol–water partition coefficient (Wildman–Crippen LogP) is 5.91. The topological polar surface area (TPSA) is 131 Å². The highest BCUT2D eigenvalue weighted by Crippen LogP contribution is 2.44. The molecule has 0 amide bonds. The summed E-state index contributed by atoms with van der Waals surface area (Å²) in [7, 11) is 1.34. The van der Waals surface area contributed by atoms with Gasteiger partial charge in [-0.1, -0.05) is 6.07 Å². The van der Waals surface area contributed by atoms with Crippen LogP contribution in [0.4, 0.5) is 10.1 Å². The van der Waals surface area contributed by atoms with Crippen LogP contribution in [-0.2, 0) is 0 Å². The zero-order valence-corrected chi connectivity index (χ0v) is 18.1. The molecule has 2 N–H and O–H groups in total. The van der Waals surface area contributed by atoms with E-state index in [0.717, 1.165) is 0 Å². The van der Waals surface area contributed by atoms with Crippen LogP contribution < -0.4 is 4.74 Å². The largest absolute Gasteiger partial charge is 0.496 e. The smallest absolute Gasteiger partial charge is 0.339 e. The summed E-state index contributed by atoms with van der Waals surface area (Å²) in [6, 6.07) is 12.8. The van der Waals surface area contributed by atoms with Gasteiger partial charge in [0.15, 0.2) is 0 Å². The average molecular weight is 473 g/mol. The van der Waals surface area contributed by atoms with E-state index in [1.807, 2.05) is 0 Å². The van der Waals surface area contributed by atoms with Crippen molar-refractivity contribution in [3.8, 4) is 39.6 Å². The molecule has 5 rings (SSSR count). The van der Waals surface area contributed by atoms with Crippen LogP contribution in [0.2, 0.25) is 0 Å². The number of rotatable bonds is 6. The van der Waals surface area contributed by atoms with Gasteiger partial charge in [-0.2, -0.15) is 0 Å². The maximum absolute atomic E-state index is 13.5.